The molecule has 7 heteroatoms. The molecule has 0 spiro atoms. The molecule has 0 bridgehead atoms. The molecule has 0 atom stereocenters. The molecule has 0 fully saturated rings. The lowest BCUT2D eigenvalue weighted by atomic mass is 10.3. The van der Waals surface area contributed by atoms with Crippen LogP contribution in [0.1, 0.15) is 4.88 Å². The van der Waals surface area contributed by atoms with Gasteiger partial charge in [0.2, 0.25) is 5.88 Å². The molecule has 0 saturated heterocycles. The van der Waals surface area contributed by atoms with Gasteiger partial charge in [-0.3, -0.25) is 5.43 Å². The maximum absolute atomic E-state index is 9.43. The van der Waals surface area contributed by atoms with Gasteiger partial charge in [-0.25, -0.2) is 0 Å². The summed E-state index contributed by atoms with van der Waals surface area (Å²) in [5.41, 5.74) is 3.72. The summed E-state index contributed by atoms with van der Waals surface area (Å²) in [6, 6.07) is 7.60. The number of H-pyrrole nitrogens is 1. The van der Waals surface area contributed by atoms with E-state index in [9.17, 15) is 5.11 Å². The van der Waals surface area contributed by atoms with Gasteiger partial charge >= 0.3 is 0 Å². The van der Waals surface area contributed by atoms with Crippen LogP contribution >= 0.6 is 39.5 Å². The molecule has 0 saturated carbocycles. The molecule has 2 aromatic rings. The van der Waals surface area contributed by atoms with E-state index in [-0.39, 0.29) is 5.88 Å². The number of benzene rings is 1. The van der Waals surface area contributed by atoms with Gasteiger partial charge in [-0.1, -0.05) is 27.3 Å². The van der Waals surface area contributed by atoms with Crippen LogP contribution in [-0.4, -0.2) is 16.3 Å². The van der Waals surface area contributed by atoms with Crippen LogP contribution in [0.15, 0.2) is 33.8 Å². The number of nitrogens with zero attached hydrogens (tertiary/aromatic N) is 1. The van der Waals surface area contributed by atoms with Crippen molar-refractivity contribution in [2.24, 2.45) is 5.10 Å². The van der Waals surface area contributed by atoms with Crippen molar-refractivity contribution in [3.63, 3.8) is 0 Å². The number of aromatic hydroxyl groups is 1. The van der Waals surface area contributed by atoms with Gasteiger partial charge < -0.3 is 10.1 Å². The normalized spacial score (nSPS) is 10.9. The van der Waals surface area contributed by atoms with Crippen LogP contribution in [0.5, 0.6) is 5.88 Å². The molecule has 17 heavy (non-hydrogen) atoms. The number of hydrogen-bond donors (Lipinski definition) is 3. The number of nitrogens with one attached hydrogen (secondary N) is 2. The van der Waals surface area contributed by atoms with Gasteiger partial charge in [0.05, 0.1) is 11.9 Å². The fraction of sp³-hybridized carbons (Fsp3) is 0. The van der Waals surface area contributed by atoms with Crippen LogP contribution in [0.4, 0.5) is 5.69 Å². The van der Waals surface area contributed by atoms with Crippen molar-refractivity contribution in [3.8, 4) is 5.88 Å². The van der Waals surface area contributed by atoms with Crippen LogP contribution in [0.2, 0.25) is 0 Å². The number of hydrogen-bond acceptors (Lipinski definition) is 5. The van der Waals surface area contributed by atoms with Gasteiger partial charge in [-0.2, -0.15) is 5.10 Å². The second-order valence-corrected chi connectivity index (χ2v) is 5.74. The highest BCUT2D eigenvalue weighted by Crippen LogP contribution is 2.19. The Kier molecular flexibility index (Phi) is 3.93. The predicted molar refractivity (Wildman–Crippen MR) is 76.5 cm³/mol. The average Bonchev–Trinajstić information content (AvgIpc) is 2.60. The Hall–Kier alpha value is -1.18. The number of hydrazone groups is 1. The highest BCUT2D eigenvalue weighted by molar-refractivity contribution is 9.10. The average molecular weight is 330 g/mol. The Morgan fingerprint density at radius 2 is 2.12 bits per heavy atom. The summed E-state index contributed by atoms with van der Waals surface area (Å²) in [5.74, 6) is 0.0429. The zero-order chi connectivity index (χ0) is 12.3. The van der Waals surface area contributed by atoms with Crippen molar-refractivity contribution >= 4 is 51.4 Å². The minimum Gasteiger partial charge on any atom is -0.494 e. The van der Waals surface area contributed by atoms with E-state index in [0.717, 1.165) is 10.2 Å². The molecule has 0 unspecified atom stereocenters. The zero-order valence-corrected chi connectivity index (χ0v) is 11.7. The van der Waals surface area contributed by atoms with E-state index in [1.54, 1.807) is 0 Å². The smallest absolute Gasteiger partial charge is 0.209 e. The minimum atomic E-state index is 0.0429. The van der Waals surface area contributed by atoms with Gasteiger partial charge in [0.1, 0.15) is 4.88 Å². The van der Waals surface area contributed by atoms with Gasteiger partial charge in [-0.15, -0.1) is 0 Å². The summed E-state index contributed by atoms with van der Waals surface area (Å²) in [6.45, 7) is 0. The van der Waals surface area contributed by atoms with Crippen molar-refractivity contribution in [1.29, 1.82) is 0 Å². The largest absolute Gasteiger partial charge is 0.494 e. The lowest BCUT2D eigenvalue weighted by Gasteiger charge is -1.98. The SMILES string of the molecule is Oc1[nH]c(=S)sc1C=NNc1ccc(Br)cc1. The van der Waals surface area contributed by atoms with Gasteiger partial charge in [0, 0.05) is 4.47 Å². The third-order valence-corrected chi connectivity index (χ3v) is 3.56. The van der Waals surface area contributed by atoms with E-state index in [0.29, 0.717) is 8.83 Å². The maximum Gasteiger partial charge on any atom is 0.209 e. The molecular weight excluding hydrogens is 322 g/mol. The molecule has 0 aliphatic rings. The van der Waals surface area contributed by atoms with Gasteiger partial charge in [-0.05, 0) is 36.5 Å². The molecule has 4 nitrogen and oxygen atoms in total. The molecule has 2 rings (SSSR count). The summed E-state index contributed by atoms with van der Waals surface area (Å²) >= 11 is 9.51. The van der Waals surface area contributed by atoms with Crippen molar-refractivity contribution in [2.45, 2.75) is 0 Å². The number of thiazole rings is 1. The molecule has 0 aliphatic carbocycles. The second kappa shape index (κ2) is 5.44. The number of aromatic amines is 1. The fourth-order valence-electron chi connectivity index (χ4n) is 1.11. The van der Waals surface area contributed by atoms with E-state index in [1.807, 2.05) is 24.3 Å². The summed E-state index contributed by atoms with van der Waals surface area (Å²) < 4.78 is 1.53. The molecule has 1 aromatic carbocycles. The minimum absolute atomic E-state index is 0.0429. The molecule has 1 aromatic heterocycles. The lowest BCUT2D eigenvalue weighted by molar-refractivity contribution is 0.456. The number of aromatic nitrogens is 1. The summed E-state index contributed by atoms with van der Waals surface area (Å²) in [5, 5.41) is 13.4. The molecule has 0 radical (unpaired) electrons. The molecule has 88 valence electrons. The Balaban J connectivity index is 2.05. The van der Waals surface area contributed by atoms with E-state index in [1.165, 1.54) is 17.6 Å². The summed E-state index contributed by atoms with van der Waals surface area (Å²) in [4.78, 5) is 3.22. The summed E-state index contributed by atoms with van der Waals surface area (Å²) in [7, 11) is 0. The number of anilines is 1. The first kappa shape index (κ1) is 12.3. The van der Waals surface area contributed by atoms with Crippen LogP contribution in [0, 0.1) is 3.95 Å². The highest BCUT2D eigenvalue weighted by Gasteiger charge is 2.00. The van der Waals surface area contributed by atoms with Crippen LogP contribution in [0.25, 0.3) is 0 Å². The number of halogens is 1. The second-order valence-electron chi connectivity index (χ2n) is 3.10. The fourth-order valence-corrected chi connectivity index (χ4v) is 2.34. The van der Waals surface area contributed by atoms with Gasteiger partial charge in [0.15, 0.2) is 3.95 Å². The van der Waals surface area contributed by atoms with Crippen molar-refractivity contribution in [2.75, 3.05) is 5.43 Å². The van der Waals surface area contributed by atoms with E-state index >= 15 is 0 Å². The molecular formula is C10H8BrN3OS2. The maximum atomic E-state index is 9.43. The van der Waals surface area contributed by atoms with Crippen LogP contribution < -0.4 is 5.43 Å². The van der Waals surface area contributed by atoms with E-state index < -0.39 is 0 Å². The molecule has 1 heterocycles. The topological polar surface area (TPSA) is 60.4 Å². The first-order valence-electron chi connectivity index (χ1n) is 4.62. The lowest BCUT2D eigenvalue weighted by Crippen LogP contribution is -1.88. The first-order valence-corrected chi connectivity index (χ1v) is 6.63. The quantitative estimate of drug-likeness (QED) is 0.457. The molecule has 3 N–H and O–H groups in total. The van der Waals surface area contributed by atoms with Crippen molar-refractivity contribution in [3.05, 3.63) is 37.6 Å². The van der Waals surface area contributed by atoms with Crippen molar-refractivity contribution < 1.29 is 5.11 Å². The predicted octanol–water partition coefficient (Wildman–Crippen LogP) is 3.72. The van der Waals surface area contributed by atoms with Crippen LogP contribution in [-0.2, 0) is 0 Å². The zero-order valence-electron chi connectivity index (χ0n) is 8.48. The Labute approximate surface area is 115 Å². The molecule has 0 amide bonds. The Morgan fingerprint density at radius 3 is 2.71 bits per heavy atom. The first-order chi connectivity index (χ1) is 8.15. The number of rotatable bonds is 3. The Bertz CT molecular complexity index is 588. The van der Waals surface area contributed by atoms with Crippen LogP contribution in [0.3, 0.4) is 0 Å². The summed E-state index contributed by atoms with van der Waals surface area (Å²) in [6.07, 6.45) is 1.52. The standard InChI is InChI=1S/C10H8BrN3OS2/c11-6-1-3-7(4-2-6)14-12-5-8-9(15)13-10(16)17-8/h1-5,14-15H,(H,13,16). The highest BCUT2D eigenvalue weighted by atomic mass is 79.9. The van der Waals surface area contributed by atoms with E-state index in [4.69, 9.17) is 12.2 Å². The third kappa shape index (κ3) is 3.39. The third-order valence-electron chi connectivity index (χ3n) is 1.88. The van der Waals surface area contributed by atoms with Crippen molar-refractivity contribution in [1.82, 2.24) is 4.98 Å². The van der Waals surface area contributed by atoms with E-state index in [2.05, 4.69) is 31.4 Å². The monoisotopic (exact) mass is 329 g/mol. The molecule has 0 aliphatic heterocycles. The Morgan fingerprint density at radius 1 is 1.41 bits per heavy atom. The van der Waals surface area contributed by atoms with Gasteiger partial charge in [0.25, 0.3) is 0 Å².